The summed E-state index contributed by atoms with van der Waals surface area (Å²) in [6.45, 7) is 1.14. The molecule has 0 N–H and O–H groups in total. The van der Waals surface area contributed by atoms with Crippen LogP contribution in [-0.4, -0.2) is 21.2 Å². The monoisotopic (exact) mass is 320 g/mol. The van der Waals surface area contributed by atoms with Crippen molar-refractivity contribution in [2.45, 2.75) is 13.0 Å². The van der Waals surface area contributed by atoms with Crippen LogP contribution in [0.1, 0.15) is 11.1 Å². The average molecular weight is 321 g/mol. The molecule has 2 aromatic rings. The van der Waals surface area contributed by atoms with E-state index in [1.54, 1.807) is 18.3 Å². The lowest BCUT2D eigenvalue weighted by Crippen LogP contribution is -2.33. The Morgan fingerprint density at radius 1 is 1.36 bits per heavy atom. The summed E-state index contributed by atoms with van der Waals surface area (Å²) in [7, 11) is 1.53. The number of nitrogens with zero attached hydrogens (tertiary/aromatic N) is 4. The van der Waals surface area contributed by atoms with Crippen LogP contribution in [0.2, 0.25) is 5.02 Å². The number of rotatable bonds is 2. The second-order valence-corrected chi connectivity index (χ2v) is 5.53. The predicted molar refractivity (Wildman–Crippen MR) is 82.3 cm³/mol. The van der Waals surface area contributed by atoms with E-state index in [2.05, 4.69) is 5.10 Å². The van der Waals surface area contributed by atoms with Gasteiger partial charge in [-0.1, -0.05) is 17.7 Å². The van der Waals surface area contributed by atoms with Crippen LogP contribution in [-0.2, 0) is 20.0 Å². The van der Waals surface area contributed by atoms with Gasteiger partial charge in [0.1, 0.15) is 5.02 Å². The SMILES string of the molecule is Cn1ncc(N2CCc3ccc([N+](=O)[O-])cc3C2)c(Cl)c1=O. The van der Waals surface area contributed by atoms with Gasteiger partial charge in [-0.05, 0) is 17.5 Å². The molecule has 1 aromatic heterocycles. The third kappa shape index (κ3) is 2.43. The third-order valence-corrected chi connectivity index (χ3v) is 4.17. The lowest BCUT2D eigenvalue weighted by atomic mass is 9.99. The number of aryl methyl sites for hydroxylation is 1. The van der Waals surface area contributed by atoms with Crippen LogP contribution in [0, 0.1) is 10.1 Å². The largest absolute Gasteiger partial charge is 0.364 e. The van der Waals surface area contributed by atoms with E-state index < -0.39 is 4.92 Å². The van der Waals surface area contributed by atoms with Crippen LogP contribution in [0.5, 0.6) is 0 Å². The Morgan fingerprint density at radius 2 is 2.14 bits per heavy atom. The van der Waals surface area contributed by atoms with Crippen molar-refractivity contribution in [1.29, 1.82) is 0 Å². The fourth-order valence-electron chi connectivity index (χ4n) is 2.59. The molecule has 0 atom stereocenters. The van der Waals surface area contributed by atoms with Crippen LogP contribution < -0.4 is 10.5 Å². The Bertz CT molecular complexity index is 818. The van der Waals surface area contributed by atoms with Gasteiger partial charge in [0.25, 0.3) is 11.2 Å². The highest BCUT2D eigenvalue weighted by Crippen LogP contribution is 2.29. The van der Waals surface area contributed by atoms with Crippen molar-refractivity contribution >= 4 is 23.0 Å². The third-order valence-electron chi connectivity index (χ3n) is 3.81. The van der Waals surface area contributed by atoms with Gasteiger partial charge in [-0.2, -0.15) is 5.10 Å². The number of benzene rings is 1. The second kappa shape index (κ2) is 5.42. The fraction of sp³-hybridized carbons (Fsp3) is 0.286. The average Bonchev–Trinajstić information content (AvgIpc) is 2.51. The van der Waals surface area contributed by atoms with Gasteiger partial charge >= 0.3 is 0 Å². The van der Waals surface area contributed by atoms with Crippen molar-refractivity contribution in [2.24, 2.45) is 7.05 Å². The zero-order valence-corrected chi connectivity index (χ0v) is 12.6. The Labute approximate surface area is 130 Å². The number of fused-ring (bicyclic) bond motifs is 1. The topological polar surface area (TPSA) is 81.3 Å². The number of aromatic nitrogens is 2. The van der Waals surface area contributed by atoms with Crippen LogP contribution in [0.15, 0.2) is 29.2 Å². The minimum absolute atomic E-state index is 0.0637. The minimum atomic E-state index is -0.411. The van der Waals surface area contributed by atoms with Gasteiger partial charge in [0.15, 0.2) is 0 Å². The van der Waals surface area contributed by atoms with E-state index in [4.69, 9.17) is 11.6 Å². The lowest BCUT2D eigenvalue weighted by molar-refractivity contribution is -0.384. The van der Waals surface area contributed by atoms with Crippen LogP contribution in [0.4, 0.5) is 11.4 Å². The molecule has 0 amide bonds. The number of hydrogen-bond acceptors (Lipinski definition) is 5. The van der Waals surface area contributed by atoms with E-state index in [0.29, 0.717) is 18.8 Å². The van der Waals surface area contributed by atoms with Crippen LogP contribution >= 0.6 is 11.6 Å². The first-order valence-electron chi connectivity index (χ1n) is 6.70. The second-order valence-electron chi connectivity index (χ2n) is 5.15. The summed E-state index contributed by atoms with van der Waals surface area (Å²) < 4.78 is 1.18. The van der Waals surface area contributed by atoms with E-state index >= 15 is 0 Å². The highest BCUT2D eigenvalue weighted by molar-refractivity contribution is 6.33. The molecule has 3 rings (SSSR count). The van der Waals surface area contributed by atoms with Gasteiger partial charge in [-0.25, -0.2) is 4.68 Å². The summed E-state index contributed by atoms with van der Waals surface area (Å²) in [5.41, 5.74) is 2.21. The molecule has 0 unspecified atom stereocenters. The molecule has 1 aromatic carbocycles. The van der Waals surface area contributed by atoms with Gasteiger partial charge in [0.05, 0.1) is 16.8 Å². The molecular weight excluding hydrogens is 308 g/mol. The molecule has 0 saturated heterocycles. The van der Waals surface area contributed by atoms with Crippen molar-refractivity contribution in [2.75, 3.05) is 11.4 Å². The molecule has 0 radical (unpaired) electrons. The van der Waals surface area contributed by atoms with E-state index in [1.807, 2.05) is 4.90 Å². The molecular formula is C14H13ClN4O3. The molecule has 114 valence electrons. The van der Waals surface area contributed by atoms with Crippen molar-refractivity contribution in [3.8, 4) is 0 Å². The molecule has 22 heavy (non-hydrogen) atoms. The normalized spacial score (nSPS) is 13.8. The molecule has 0 spiro atoms. The highest BCUT2D eigenvalue weighted by Gasteiger charge is 2.22. The molecule has 0 saturated carbocycles. The van der Waals surface area contributed by atoms with Gasteiger partial charge in [0, 0.05) is 32.3 Å². The molecule has 0 fully saturated rings. The van der Waals surface area contributed by atoms with Crippen LogP contribution in [0.25, 0.3) is 0 Å². The van der Waals surface area contributed by atoms with Gasteiger partial charge < -0.3 is 4.90 Å². The van der Waals surface area contributed by atoms with E-state index in [1.165, 1.54) is 17.8 Å². The number of hydrogen-bond donors (Lipinski definition) is 0. The van der Waals surface area contributed by atoms with Gasteiger partial charge in [0.2, 0.25) is 0 Å². The molecule has 8 heteroatoms. The number of anilines is 1. The summed E-state index contributed by atoms with van der Waals surface area (Å²) in [4.78, 5) is 24.3. The molecule has 7 nitrogen and oxygen atoms in total. The molecule has 0 aliphatic carbocycles. The summed E-state index contributed by atoms with van der Waals surface area (Å²) in [5, 5.41) is 15.0. The van der Waals surface area contributed by atoms with Gasteiger partial charge in [-0.15, -0.1) is 0 Å². The lowest BCUT2D eigenvalue weighted by Gasteiger charge is -2.30. The maximum atomic E-state index is 11.9. The van der Waals surface area contributed by atoms with Crippen molar-refractivity contribution in [1.82, 2.24) is 9.78 Å². The Balaban J connectivity index is 1.97. The summed E-state index contributed by atoms with van der Waals surface area (Å²) in [5.74, 6) is 0. The summed E-state index contributed by atoms with van der Waals surface area (Å²) in [6, 6.07) is 4.87. The molecule has 1 aliphatic heterocycles. The number of non-ortho nitro benzene ring substituents is 1. The summed E-state index contributed by atoms with van der Waals surface area (Å²) in [6.07, 6.45) is 2.28. The first kappa shape index (κ1) is 14.5. The Morgan fingerprint density at radius 3 is 2.86 bits per heavy atom. The smallest absolute Gasteiger partial charge is 0.287 e. The fourth-order valence-corrected chi connectivity index (χ4v) is 2.88. The summed E-state index contributed by atoms with van der Waals surface area (Å²) >= 11 is 6.12. The maximum Gasteiger partial charge on any atom is 0.287 e. The highest BCUT2D eigenvalue weighted by atomic mass is 35.5. The van der Waals surface area contributed by atoms with Crippen molar-refractivity contribution in [3.63, 3.8) is 0 Å². The predicted octanol–water partition coefficient (Wildman–Crippen LogP) is 1.90. The molecule has 1 aliphatic rings. The van der Waals surface area contributed by atoms with Gasteiger partial charge in [-0.3, -0.25) is 14.9 Å². The standard InChI is InChI=1S/C14H13ClN4O3/c1-17-14(20)13(15)12(7-16-17)18-5-4-9-2-3-11(19(21)22)6-10(9)8-18/h2-3,6-7H,4-5,8H2,1H3. The number of halogens is 1. The zero-order valence-electron chi connectivity index (χ0n) is 11.8. The van der Waals surface area contributed by atoms with E-state index in [9.17, 15) is 14.9 Å². The minimum Gasteiger partial charge on any atom is -0.364 e. The Kier molecular flexibility index (Phi) is 3.58. The van der Waals surface area contributed by atoms with Crippen molar-refractivity contribution < 1.29 is 4.92 Å². The van der Waals surface area contributed by atoms with Crippen LogP contribution in [0.3, 0.4) is 0 Å². The van der Waals surface area contributed by atoms with Crippen molar-refractivity contribution in [3.05, 3.63) is 61.0 Å². The first-order chi connectivity index (χ1) is 10.5. The first-order valence-corrected chi connectivity index (χ1v) is 7.08. The number of nitro groups is 1. The quantitative estimate of drug-likeness (QED) is 0.623. The molecule has 0 bridgehead atoms. The molecule has 2 heterocycles. The Hall–Kier alpha value is -2.41. The maximum absolute atomic E-state index is 11.9. The van der Waals surface area contributed by atoms with E-state index in [-0.39, 0.29) is 16.3 Å². The number of nitro benzene ring substituents is 1. The zero-order chi connectivity index (χ0) is 15.9. The van der Waals surface area contributed by atoms with E-state index in [0.717, 1.165) is 17.5 Å².